The Kier molecular flexibility index (Phi) is 11.3. The van der Waals surface area contributed by atoms with E-state index in [2.05, 4.69) is 86.9 Å². The fourth-order valence-corrected chi connectivity index (χ4v) is 10.9. The maximum absolute atomic E-state index is 14.4. The lowest BCUT2D eigenvalue weighted by Gasteiger charge is -2.27. The van der Waals surface area contributed by atoms with Gasteiger partial charge in [0, 0.05) is 19.3 Å². The van der Waals surface area contributed by atoms with Crippen molar-refractivity contribution in [3.05, 3.63) is 134 Å². The zero-order valence-electron chi connectivity index (χ0n) is 36.9. The van der Waals surface area contributed by atoms with Gasteiger partial charge in [0.2, 0.25) is 0 Å². The lowest BCUT2D eigenvalue weighted by atomic mass is 9.80. The third-order valence-corrected chi connectivity index (χ3v) is 15.1. The van der Waals surface area contributed by atoms with Crippen LogP contribution in [-0.2, 0) is 61.6 Å². The van der Waals surface area contributed by atoms with Crippen LogP contribution >= 0.6 is 0 Å². The fourth-order valence-electron chi connectivity index (χ4n) is 7.35. The van der Waals surface area contributed by atoms with E-state index in [1.807, 2.05) is 55.5 Å². The molecule has 314 valence electrons. The molecule has 0 saturated heterocycles. The zero-order valence-corrected chi connectivity index (χ0v) is 38.6. The molecule has 4 N–H and O–H groups in total. The Morgan fingerprint density at radius 2 is 0.729 bits per heavy atom. The molecular weight excluding hydrogens is 775 g/mol. The van der Waals surface area contributed by atoms with Crippen LogP contribution in [0.1, 0.15) is 144 Å². The molecular formula is C50H61NO6S2. The van der Waals surface area contributed by atoms with Crippen LogP contribution in [-0.4, -0.2) is 28.8 Å². The van der Waals surface area contributed by atoms with Crippen LogP contribution in [0.2, 0.25) is 0 Å². The number of hydrogen-bond acceptors (Lipinski definition) is 6. The van der Waals surface area contributed by atoms with Crippen LogP contribution < -0.4 is 0 Å². The van der Waals surface area contributed by atoms with E-state index in [9.17, 15) is 28.8 Å². The summed E-state index contributed by atoms with van der Waals surface area (Å²) in [7, 11) is -6.17. The standard InChI is InChI=1S/C50H61NO6S2/c1-29-14-16-40(17-15-29)59(56,57)51-58-41-27-38(49(8,9)10)25-34(45(41)54)19-32-23-36(47(2,3)4)21-30(43(32)52)18-31-22-37(48(5,6)7)24-33(44(31)53)20-35-26-39(50(11,12)13)28-42(58)46(35)55/h14-17,21-28,52-55H,18-20H2,1-13H3. The van der Waals surface area contributed by atoms with Gasteiger partial charge < -0.3 is 20.4 Å². The third kappa shape index (κ3) is 9.12. The highest BCUT2D eigenvalue weighted by Gasteiger charge is 2.30. The first-order valence-corrected chi connectivity index (χ1v) is 22.9. The van der Waals surface area contributed by atoms with Gasteiger partial charge in [0.15, 0.2) is 0 Å². The van der Waals surface area contributed by atoms with E-state index in [-0.39, 0.29) is 67.8 Å². The number of aromatic hydroxyl groups is 4. The Morgan fingerprint density at radius 3 is 1.02 bits per heavy atom. The quantitative estimate of drug-likeness (QED) is 0.138. The van der Waals surface area contributed by atoms with Crippen LogP contribution in [0.25, 0.3) is 0 Å². The van der Waals surface area contributed by atoms with E-state index in [0.717, 1.165) is 27.8 Å². The van der Waals surface area contributed by atoms with Crippen LogP contribution in [0.15, 0.2) is 91.3 Å². The number of rotatable bonds is 2. The highest BCUT2D eigenvalue weighted by atomic mass is 32.3. The summed E-state index contributed by atoms with van der Waals surface area (Å²) < 4.78 is 33.5. The molecule has 0 saturated carbocycles. The Hall–Kier alpha value is -4.60. The maximum atomic E-state index is 14.4. The number of phenolic OH excluding ortho intramolecular Hbond substituents is 4. The van der Waals surface area contributed by atoms with Crippen LogP contribution in [0, 0.1) is 6.92 Å². The fraction of sp³-hybridized carbons (Fsp3) is 0.400. The second-order valence-corrected chi connectivity index (χ2v) is 23.9. The van der Waals surface area contributed by atoms with E-state index < -0.39 is 31.5 Å². The summed E-state index contributed by atoms with van der Waals surface area (Å²) in [6, 6.07) is 21.9. The van der Waals surface area contributed by atoms with Crippen molar-refractivity contribution in [2.45, 2.75) is 146 Å². The molecule has 9 heteroatoms. The summed E-state index contributed by atoms with van der Waals surface area (Å²) >= 11 is 0. The molecule has 8 bridgehead atoms. The van der Waals surface area contributed by atoms with Crippen molar-refractivity contribution in [1.82, 2.24) is 0 Å². The van der Waals surface area contributed by atoms with Gasteiger partial charge in [0.25, 0.3) is 10.0 Å². The number of benzene rings is 5. The number of sulfonamides is 1. The molecule has 1 aliphatic heterocycles. The first kappa shape index (κ1) is 44.0. The van der Waals surface area contributed by atoms with Gasteiger partial charge in [-0.15, -0.1) is 3.77 Å². The average Bonchev–Trinajstić information content (AvgIpc) is 3.10. The molecule has 0 atom stereocenters. The first-order chi connectivity index (χ1) is 27.0. The molecule has 0 radical (unpaired) electrons. The van der Waals surface area contributed by atoms with Gasteiger partial charge in [-0.2, -0.15) is 8.42 Å². The molecule has 1 heterocycles. The second-order valence-electron chi connectivity index (χ2n) is 20.4. The Balaban J connectivity index is 1.83. The van der Waals surface area contributed by atoms with E-state index >= 15 is 0 Å². The number of phenols is 4. The van der Waals surface area contributed by atoms with E-state index in [4.69, 9.17) is 0 Å². The number of fused-ring (bicyclic) bond motifs is 8. The highest BCUT2D eigenvalue weighted by Crippen LogP contribution is 2.45. The Morgan fingerprint density at radius 1 is 0.458 bits per heavy atom. The number of hydrogen-bond donors (Lipinski definition) is 4. The monoisotopic (exact) mass is 835 g/mol. The van der Waals surface area contributed by atoms with Crippen LogP contribution in [0.4, 0.5) is 0 Å². The molecule has 5 aromatic carbocycles. The van der Waals surface area contributed by atoms with Crippen LogP contribution in [0.5, 0.6) is 23.0 Å². The largest absolute Gasteiger partial charge is 0.507 e. The van der Waals surface area contributed by atoms with E-state index in [1.54, 1.807) is 12.1 Å². The number of nitrogens with zero attached hydrogens (tertiary/aromatic N) is 1. The SMILES string of the molecule is Cc1ccc(S(=O)(=O)N=S2c3cc(C(C)(C)C)cc(c3O)Cc3cc(C(C)(C)C)cc(c3O)Cc3cc(C(C)(C)C)cc(c3O)Cc3cc(C(C)(C)C)cc2c3O)cc1. The van der Waals surface area contributed by atoms with Gasteiger partial charge in [-0.1, -0.05) is 137 Å². The third-order valence-electron chi connectivity index (χ3n) is 11.4. The normalized spacial score (nSPS) is 14.3. The lowest BCUT2D eigenvalue weighted by molar-refractivity contribution is 0.446. The molecule has 0 aromatic heterocycles. The van der Waals surface area contributed by atoms with Gasteiger partial charge in [-0.25, -0.2) is 0 Å². The topological polar surface area (TPSA) is 127 Å². The first-order valence-electron chi connectivity index (χ1n) is 20.3. The van der Waals surface area contributed by atoms with Crippen molar-refractivity contribution in [1.29, 1.82) is 0 Å². The molecule has 1 aliphatic rings. The molecule has 59 heavy (non-hydrogen) atoms. The van der Waals surface area contributed by atoms with Gasteiger partial charge in [-0.3, -0.25) is 0 Å². The molecule has 0 amide bonds. The number of aryl methyl sites for hydroxylation is 1. The van der Waals surface area contributed by atoms with Gasteiger partial charge >= 0.3 is 0 Å². The van der Waals surface area contributed by atoms with Crippen molar-refractivity contribution in [3.63, 3.8) is 0 Å². The van der Waals surface area contributed by atoms with Crippen molar-refractivity contribution >= 4 is 20.7 Å². The summed E-state index contributed by atoms with van der Waals surface area (Å²) in [5.74, 6) is -0.174. The minimum Gasteiger partial charge on any atom is -0.507 e. The maximum Gasteiger partial charge on any atom is 0.288 e. The van der Waals surface area contributed by atoms with Gasteiger partial charge in [0.1, 0.15) is 23.0 Å². The Bertz CT molecular complexity index is 2470. The zero-order chi connectivity index (χ0) is 43.8. The highest BCUT2D eigenvalue weighted by molar-refractivity contribution is 8.00. The molecule has 5 aromatic rings. The summed E-state index contributed by atoms with van der Waals surface area (Å²) in [6.07, 6.45) is 0.473. The average molecular weight is 836 g/mol. The molecule has 0 aliphatic carbocycles. The predicted octanol–water partition coefficient (Wildman–Crippen LogP) is 11.7. The summed E-state index contributed by atoms with van der Waals surface area (Å²) in [6.45, 7) is 26.8. The molecule has 7 nitrogen and oxygen atoms in total. The van der Waals surface area contributed by atoms with Gasteiger partial charge in [0.05, 0.1) is 14.7 Å². The minimum atomic E-state index is -4.37. The minimum absolute atomic E-state index is 0.00554. The molecule has 6 rings (SSSR count). The van der Waals surface area contributed by atoms with Crippen LogP contribution in [0.3, 0.4) is 0 Å². The molecule has 0 fully saturated rings. The van der Waals surface area contributed by atoms with E-state index in [1.165, 1.54) is 12.1 Å². The van der Waals surface area contributed by atoms with Crippen molar-refractivity contribution in [3.8, 4) is 23.0 Å². The van der Waals surface area contributed by atoms with Crippen molar-refractivity contribution in [2.24, 2.45) is 3.77 Å². The molecule has 0 spiro atoms. The second kappa shape index (κ2) is 15.1. The summed E-state index contributed by atoms with van der Waals surface area (Å²) in [5, 5.41) is 49.4. The predicted molar refractivity (Wildman–Crippen MR) is 240 cm³/mol. The lowest BCUT2D eigenvalue weighted by Crippen LogP contribution is -2.16. The summed E-state index contributed by atoms with van der Waals surface area (Å²) in [5.41, 5.74) is 6.41. The molecule has 0 unspecified atom stereocenters. The van der Waals surface area contributed by atoms with Crippen molar-refractivity contribution in [2.75, 3.05) is 0 Å². The smallest absolute Gasteiger partial charge is 0.288 e. The summed E-state index contributed by atoms with van der Waals surface area (Å²) in [4.78, 5) is 0.483. The van der Waals surface area contributed by atoms with Gasteiger partial charge in [-0.05, 0) is 119 Å². The van der Waals surface area contributed by atoms with E-state index in [0.29, 0.717) is 33.4 Å². The van der Waals surface area contributed by atoms with Crippen molar-refractivity contribution < 1.29 is 28.8 Å². The Labute approximate surface area is 354 Å².